The lowest BCUT2D eigenvalue weighted by Crippen LogP contribution is -2.38. The molecule has 0 saturated heterocycles. The number of carbonyl (C=O) groups is 2. The van der Waals surface area contributed by atoms with Crippen molar-refractivity contribution in [3.63, 3.8) is 0 Å². The topological polar surface area (TPSA) is 58.2 Å². The molecule has 3 rings (SSSR count). The van der Waals surface area contributed by atoms with E-state index in [1.165, 1.54) is 12.1 Å². The molecule has 1 aliphatic carbocycles. The van der Waals surface area contributed by atoms with E-state index >= 15 is 0 Å². The normalized spacial score (nSPS) is 14.7. The summed E-state index contributed by atoms with van der Waals surface area (Å²) in [7, 11) is 0. The van der Waals surface area contributed by atoms with Gasteiger partial charge in [0, 0.05) is 10.0 Å². The van der Waals surface area contributed by atoms with Gasteiger partial charge >= 0.3 is 11.8 Å². The Bertz CT molecular complexity index is 807. The van der Waals surface area contributed by atoms with Crippen molar-refractivity contribution < 1.29 is 14.0 Å². The van der Waals surface area contributed by atoms with E-state index in [0.717, 1.165) is 24.5 Å². The summed E-state index contributed by atoms with van der Waals surface area (Å²) in [4.78, 5) is 24.3. The smallest absolute Gasteiger partial charge is 0.313 e. The molecule has 1 fully saturated rings. The number of benzene rings is 2. The van der Waals surface area contributed by atoms with Gasteiger partial charge in [0.2, 0.25) is 0 Å². The average molecular weight is 381 g/mol. The molecule has 0 bridgehead atoms. The predicted octanol–water partition coefficient (Wildman–Crippen LogP) is 4.34. The molecule has 7 heteroatoms. The van der Waals surface area contributed by atoms with E-state index in [0.29, 0.717) is 5.02 Å². The van der Waals surface area contributed by atoms with Crippen LogP contribution >= 0.6 is 23.2 Å². The minimum absolute atomic E-state index is 0.0981. The minimum atomic E-state index is -0.930. The number of nitrogens with one attached hydrogen (secondary N) is 2. The lowest BCUT2D eigenvalue weighted by atomic mass is 10.0. The van der Waals surface area contributed by atoms with Gasteiger partial charge < -0.3 is 10.6 Å². The zero-order valence-corrected chi connectivity index (χ0v) is 14.6. The van der Waals surface area contributed by atoms with Gasteiger partial charge in [-0.05, 0) is 54.7 Å². The first kappa shape index (κ1) is 17.7. The number of halogens is 3. The second-order valence-electron chi connectivity index (χ2n) is 5.92. The van der Waals surface area contributed by atoms with Crippen LogP contribution in [0.3, 0.4) is 0 Å². The van der Waals surface area contributed by atoms with Crippen molar-refractivity contribution in [2.24, 2.45) is 5.92 Å². The van der Waals surface area contributed by atoms with Crippen LogP contribution in [0.25, 0.3) is 0 Å². The molecule has 25 heavy (non-hydrogen) atoms. The van der Waals surface area contributed by atoms with Crippen molar-refractivity contribution in [3.8, 4) is 0 Å². The highest BCUT2D eigenvalue weighted by molar-refractivity contribution is 6.39. The van der Waals surface area contributed by atoms with Gasteiger partial charge in [0.05, 0.1) is 11.7 Å². The van der Waals surface area contributed by atoms with Crippen LogP contribution in [-0.2, 0) is 9.59 Å². The van der Waals surface area contributed by atoms with Crippen LogP contribution in [0, 0.1) is 11.7 Å². The van der Waals surface area contributed by atoms with E-state index in [2.05, 4.69) is 10.6 Å². The standard InChI is InChI=1S/C18H15Cl2FN2O2/c19-12-5-3-11(4-6-12)16(10-1-2-10)23-18(25)17(24)22-15-8-7-13(20)9-14(15)21/h3-10,16H,1-2H2,(H,22,24)(H,23,25). The van der Waals surface area contributed by atoms with Gasteiger partial charge in [-0.2, -0.15) is 0 Å². The molecule has 2 aromatic rings. The molecular formula is C18H15Cl2FN2O2. The number of hydrogen-bond acceptors (Lipinski definition) is 2. The maximum absolute atomic E-state index is 13.7. The highest BCUT2D eigenvalue weighted by Crippen LogP contribution is 2.41. The van der Waals surface area contributed by atoms with Gasteiger partial charge in [-0.15, -0.1) is 0 Å². The van der Waals surface area contributed by atoms with Gasteiger partial charge in [-0.1, -0.05) is 35.3 Å². The highest BCUT2D eigenvalue weighted by atomic mass is 35.5. The van der Waals surface area contributed by atoms with Crippen LogP contribution in [0.5, 0.6) is 0 Å². The third kappa shape index (κ3) is 4.50. The Kier molecular flexibility index (Phi) is 5.25. The monoisotopic (exact) mass is 380 g/mol. The third-order valence-electron chi connectivity index (χ3n) is 3.99. The number of rotatable bonds is 4. The molecule has 2 N–H and O–H groups in total. The Labute approximate surface area is 154 Å². The molecule has 0 aliphatic heterocycles. The van der Waals surface area contributed by atoms with Gasteiger partial charge in [-0.25, -0.2) is 4.39 Å². The second-order valence-corrected chi connectivity index (χ2v) is 6.79. The van der Waals surface area contributed by atoms with Gasteiger partial charge in [0.15, 0.2) is 0 Å². The molecular weight excluding hydrogens is 366 g/mol. The Balaban J connectivity index is 1.68. The number of carbonyl (C=O) groups excluding carboxylic acids is 2. The van der Waals surface area contributed by atoms with Crippen molar-refractivity contribution in [2.75, 3.05) is 5.32 Å². The fourth-order valence-corrected chi connectivity index (χ4v) is 2.83. The Morgan fingerprint density at radius 3 is 2.24 bits per heavy atom. The maximum atomic E-state index is 13.7. The summed E-state index contributed by atoms with van der Waals surface area (Å²) < 4.78 is 13.7. The lowest BCUT2D eigenvalue weighted by Gasteiger charge is -2.18. The zero-order valence-electron chi connectivity index (χ0n) is 13.1. The van der Waals surface area contributed by atoms with Crippen LogP contribution in [0.4, 0.5) is 10.1 Å². The fraction of sp³-hybridized carbons (Fsp3) is 0.222. The summed E-state index contributed by atoms with van der Waals surface area (Å²) in [6.07, 6.45) is 1.95. The third-order valence-corrected chi connectivity index (χ3v) is 4.48. The number of anilines is 1. The molecule has 1 aliphatic rings. The molecule has 0 heterocycles. The molecule has 2 amide bonds. The first-order valence-corrected chi connectivity index (χ1v) is 8.52. The molecule has 1 saturated carbocycles. The molecule has 1 unspecified atom stereocenters. The number of amides is 2. The summed E-state index contributed by atoms with van der Waals surface area (Å²) in [5, 5.41) is 5.78. The SMILES string of the molecule is O=C(Nc1ccc(Cl)cc1F)C(=O)NC(c1ccc(Cl)cc1)C1CC1. The summed E-state index contributed by atoms with van der Waals surface area (Å²) >= 11 is 11.6. The molecule has 1 atom stereocenters. The average Bonchev–Trinajstić information content (AvgIpc) is 3.40. The highest BCUT2D eigenvalue weighted by Gasteiger charge is 2.34. The largest absolute Gasteiger partial charge is 0.341 e. The van der Waals surface area contributed by atoms with Crippen molar-refractivity contribution in [3.05, 3.63) is 63.9 Å². The van der Waals surface area contributed by atoms with E-state index in [1.54, 1.807) is 12.1 Å². The molecule has 0 aromatic heterocycles. The van der Waals surface area contributed by atoms with Crippen LogP contribution < -0.4 is 10.6 Å². The van der Waals surface area contributed by atoms with Gasteiger partial charge in [0.25, 0.3) is 0 Å². The van der Waals surface area contributed by atoms with Crippen molar-refractivity contribution >= 4 is 40.7 Å². The fourth-order valence-electron chi connectivity index (χ4n) is 2.55. The summed E-state index contributed by atoms with van der Waals surface area (Å²) in [5.41, 5.74) is 0.782. The van der Waals surface area contributed by atoms with Crippen molar-refractivity contribution in [1.82, 2.24) is 5.32 Å². The Morgan fingerprint density at radius 1 is 1.00 bits per heavy atom. The predicted molar refractivity (Wildman–Crippen MR) is 95.1 cm³/mol. The van der Waals surface area contributed by atoms with Crippen LogP contribution in [-0.4, -0.2) is 11.8 Å². The first-order chi connectivity index (χ1) is 11.9. The second kappa shape index (κ2) is 7.42. The molecule has 130 valence electrons. The summed E-state index contributed by atoms with van der Waals surface area (Å²) in [5.74, 6) is -2.17. The summed E-state index contributed by atoms with van der Waals surface area (Å²) in [6, 6.07) is 10.6. The van der Waals surface area contributed by atoms with Crippen molar-refractivity contribution in [2.45, 2.75) is 18.9 Å². The maximum Gasteiger partial charge on any atom is 0.313 e. The minimum Gasteiger partial charge on any atom is -0.341 e. The van der Waals surface area contributed by atoms with Gasteiger partial charge in [-0.3, -0.25) is 9.59 Å². The molecule has 4 nitrogen and oxygen atoms in total. The van der Waals surface area contributed by atoms with E-state index < -0.39 is 17.6 Å². The Morgan fingerprint density at radius 2 is 1.64 bits per heavy atom. The molecule has 2 aromatic carbocycles. The first-order valence-electron chi connectivity index (χ1n) is 7.76. The van der Waals surface area contributed by atoms with Crippen LogP contribution in [0.2, 0.25) is 10.0 Å². The lowest BCUT2D eigenvalue weighted by molar-refractivity contribution is -0.136. The van der Waals surface area contributed by atoms with E-state index in [-0.39, 0.29) is 22.7 Å². The van der Waals surface area contributed by atoms with E-state index in [4.69, 9.17) is 23.2 Å². The van der Waals surface area contributed by atoms with Crippen LogP contribution in [0.1, 0.15) is 24.4 Å². The quantitative estimate of drug-likeness (QED) is 0.775. The van der Waals surface area contributed by atoms with Crippen LogP contribution in [0.15, 0.2) is 42.5 Å². The van der Waals surface area contributed by atoms with Crippen molar-refractivity contribution in [1.29, 1.82) is 0 Å². The zero-order chi connectivity index (χ0) is 18.0. The van der Waals surface area contributed by atoms with E-state index in [9.17, 15) is 14.0 Å². The Hall–Kier alpha value is -2.11. The summed E-state index contributed by atoms with van der Waals surface area (Å²) in [6.45, 7) is 0. The van der Waals surface area contributed by atoms with E-state index in [1.807, 2.05) is 12.1 Å². The number of hydrogen-bond donors (Lipinski definition) is 2. The van der Waals surface area contributed by atoms with Gasteiger partial charge in [0.1, 0.15) is 5.82 Å². The molecule has 0 radical (unpaired) electrons. The molecule has 0 spiro atoms.